The molecule has 0 atom stereocenters. The average Bonchev–Trinajstić information content (AvgIpc) is 2.21. The minimum Gasteiger partial charge on any atom is -0.412 e. The van der Waals surface area contributed by atoms with E-state index >= 15 is 0 Å². The number of hydrogen-bond donors (Lipinski definition) is 0. The SMILES string of the molecule is O.c1ccc(Cc2ccccc2)cc1. The lowest BCUT2D eigenvalue weighted by molar-refractivity contribution is 0.824. The second-order valence-electron chi connectivity index (χ2n) is 3.15. The summed E-state index contributed by atoms with van der Waals surface area (Å²) in [7, 11) is 0. The van der Waals surface area contributed by atoms with Crippen LogP contribution in [0.25, 0.3) is 0 Å². The molecule has 0 fully saturated rings. The van der Waals surface area contributed by atoms with Crippen LogP contribution in [0.1, 0.15) is 11.1 Å². The Morgan fingerprint density at radius 2 is 0.929 bits per heavy atom. The first-order valence-corrected chi connectivity index (χ1v) is 4.53. The first-order chi connectivity index (χ1) is 6.45. The van der Waals surface area contributed by atoms with Gasteiger partial charge in [-0.3, -0.25) is 0 Å². The summed E-state index contributed by atoms with van der Waals surface area (Å²) in [6.45, 7) is 0. The van der Waals surface area contributed by atoms with Crippen molar-refractivity contribution in [1.29, 1.82) is 0 Å². The van der Waals surface area contributed by atoms with E-state index in [1.807, 2.05) is 0 Å². The molecule has 0 radical (unpaired) electrons. The van der Waals surface area contributed by atoms with Crippen LogP contribution in [-0.4, -0.2) is 5.48 Å². The lowest BCUT2D eigenvalue weighted by atomic mass is 10.1. The van der Waals surface area contributed by atoms with Crippen LogP contribution in [-0.2, 0) is 6.42 Å². The van der Waals surface area contributed by atoms with Crippen molar-refractivity contribution in [3.8, 4) is 0 Å². The summed E-state index contributed by atoms with van der Waals surface area (Å²) in [4.78, 5) is 0. The van der Waals surface area contributed by atoms with Crippen molar-refractivity contribution in [2.75, 3.05) is 0 Å². The predicted octanol–water partition coefficient (Wildman–Crippen LogP) is 2.45. The van der Waals surface area contributed by atoms with Crippen LogP contribution < -0.4 is 0 Å². The number of rotatable bonds is 2. The molecule has 0 saturated carbocycles. The summed E-state index contributed by atoms with van der Waals surface area (Å²) in [5.74, 6) is 0. The van der Waals surface area contributed by atoms with E-state index in [1.54, 1.807) is 0 Å². The smallest absolute Gasteiger partial charge is 0.00258 e. The van der Waals surface area contributed by atoms with Crippen LogP contribution in [0.4, 0.5) is 0 Å². The normalized spacial score (nSPS) is 9.14. The standard InChI is InChI=1S/C13H12.H2O/c1-3-7-12(8-4-1)11-13-9-5-2-6-10-13;/h1-10H,11H2;1H2. The van der Waals surface area contributed by atoms with E-state index in [4.69, 9.17) is 0 Å². The fraction of sp³-hybridized carbons (Fsp3) is 0.0769. The van der Waals surface area contributed by atoms with Gasteiger partial charge in [-0.25, -0.2) is 0 Å². The van der Waals surface area contributed by atoms with Crippen LogP contribution in [0.3, 0.4) is 0 Å². The zero-order valence-electron chi connectivity index (χ0n) is 7.98. The Balaban J connectivity index is 0.000000980. The minimum atomic E-state index is 0. The van der Waals surface area contributed by atoms with E-state index in [-0.39, 0.29) is 5.48 Å². The number of benzene rings is 2. The molecule has 0 aliphatic heterocycles. The van der Waals surface area contributed by atoms with Gasteiger partial charge in [-0.05, 0) is 17.5 Å². The second-order valence-corrected chi connectivity index (χ2v) is 3.15. The summed E-state index contributed by atoms with van der Waals surface area (Å²) in [6, 6.07) is 21.1. The topological polar surface area (TPSA) is 31.5 Å². The maximum atomic E-state index is 2.16. The van der Waals surface area contributed by atoms with Crippen molar-refractivity contribution in [3.63, 3.8) is 0 Å². The van der Waals surface area contributed by atoms with Crippen molar-refractivity contribution < 1.29 is 5.48 Å². The highest BCUT2D eigenvalue weighted by Crippen LogP contribution is 2.07. The van der Waals surface area contributed by atoms with Gasteiger partial charge in [-0.15, -0.1) is 0 Å². The van der Waals surface area contributed by atoms with Gasteiger partial charge in [0.2, 0.25) is 0 Å². The van der Waals surface area contributed by atoms with E-state index in [9.17, 15) is 0 Å². The summed E-state index contributed by atoms with van der Waals surface area (Å²) < 4.78 is 0. The van der Waals surface area contributed by atoms with Crippen LogP contribution in [0.15, 0.2) is 60.7 Å². The molecule has 1 heteroatoms. The zero-order chi connectivity index (χ0) is 8.93. The molecule has 0 aliphatic rings. The Labute approximate surface area is 84.3 Å². The molecule has 2 aromatic rings. The lowest BCUT2D eigenvalue weighted by Crippen LogP contribution is -1.85. The fourth-order valence-electron chi connectivity index (χ4n) is 1.43. The molecule has 0 heterocycles. The Kier molecular flexibility index (Phi) is 3.89. The lowest BCUT2D eigenvalue weighted by Gasteiger charge is -2.00. The Morgan fingerprint density at radius 3 is 1.29 bits per heavy atom. The molecular formula is C13H14O. The van der Waals surface area contributed by atoms with E-state index in [0.29, 0.717) is 0 Å². The third-order valence-electron chi connectivity index (χ3n) is 2.09. The van der Waals surface area contributed by atoms with Gasteiger partial charge < -0.3 is 5.48 Å². The highest BCUT2D eigenvalue weighted by molar-refractivity contribution is 5.25. The molecule has 14 heavy (non-hydrogen) atoms. The molecule has 1 nitrogen and oxygen atoms in total. The summed E-state index contributed by atoms with van der Waals surface area (Å²) in [5, 5.41) is 0. The highest BCUT2D eigenvalue weighted by Gasteiger charge is 1.92. The van der Waals surface area contributed by atoms with E-state index in [0.717, 1.165) is 6.42 Å². The first-order valence-electron chi connectivity index (χ1n) is 4.53. The molecule has 0 spiro atoms. The first kappa shape index (κ1) is 10.5. The Hall–Kier alpha value is -1.60. The predicted molar refractivity (Wildman–Crippen MR) is 59.3 cm³/mol. The largest absolute Gasteiger partial charge is 0.412 e. The van der Waals surface area contributed by atoms with Gasteiger partial charge in [0, 0.05) is 0 Å². The van der Waals surface area contributed by atoms with E-state index < -0.39 is 0 Å². The van der Waals surface area contributed by atoms with Crippen molar-refractivity contribution in [1.82, 2.24) is 0 Å². The quantitative estimate of drug-likeness (QED) is 0.690. The van der Waals surface area contributed by atoms with Crippen molar-refractivity contribution in [2.45, 2.75) is 6.42 Å². The van der Waals surface area contributed by atoms with Crippen molar-refractivity contribution in [2.24, 2.45) is 0 Å². The molecular weight excluding hydrogens is 172 g/mol. The van der Waals surface area contributed by atoms with Crippen LogP contribution >= 0.6 is 0 Å². The molecule has 2 N–H and O–H groups in total. The molecule has 0 bridgehead atoms. The van der Waals surface area contributed by atoms with Gasteiger partial charge in [0.15, 0.2) is 0 Å². The van der Waals surface area contributed by atoms with Gasteiger partial charge in [0.1, 0.15) is 0 Å². The van der Waals surface area contributed by atoms with Crippen LogP contribution in [0.5, 0.6) is 0 Å². The second kappa shape index (κ2) is 5.20. The van der Waals surface area contributed by atoms with E-state index in [2.05, 4.69) is 60.7 Å². The zero-order valence-corrected chi connectivity index (χ0v) is 7.98. The molecule has 2 aromatic carbocycles. The third kappa shape index (κ3) is 2.71. The Bertz CT molecular complexity index is 316. The maximum absolute atomic E-state index is 2.16. The van der Waals surface area contributed by atoms with E-state index in [1.165, 1.54) is 11.1 Å². The molecule has 0 aromatic heterocycles. The number of hydrogen-bond acceptors (Lipinski definition) is 0. The average molecular weight is 186 g/mol. The summed E-state index contributed by atoms with van der Waals surface area (Å²) >= 11 is 0. The molecule has 0 saturated heterocycles. The van der Waals surface area contributed by atoms with Gasteiger partial charge in [0.25, 0.3) is 0 Å². The molecule has 0 amide bonds. The van der Waals surface area contributed by atoms with Gasteiger partial charge >= 0.3 is 0 Å². The molecule has 0 aliphatic carbocycles. The van der Waals surface area contributed by atoms with Crippen molar-refractivity contribution in [3.05, 3.63) is 71.8 Å². The van der Waals surface area contributed by atoms with Crippen LogP contribution in [0.2, 0.25) is 0 Å². The molecule has 2 rings (SSSR count). The summed E-state index contributed by atoms with van der Waals surface area (Å²) in [6.07, 6.45) is 1.03. The van der Waals surface area contributed by atoms with Gasteiger partial charge in [0.05, 0.1) is 0 Å². The third-order valence-corrected chi connectivity index (χ3v) is 2.09. The Morgan fingerprint density at radius 1 is 0.571 bits per heavy atom. The monoisotopic (exact) mass is 186 g/mol. The summed E-state index contributed by atoms with van der Waals surface area (Å²) in [5.41, 5.74) is 2.74. The molecule has 0 unspecified atom stereocenters. The fourth-order valence-corrected chi connectivity index (χ4v) is 1.43. The van der Waals surface area contributed by atoms with Gasteiger partial charge in [-0.1, -0.05) is 60.7 Å². The highest BCUT2D eigenvalue weighted by atomic mass is 16.0. The van der Waals surface area contributed by atoms with Crippen molar-refractivity contribution >= 4 is 0 Å². The van der Waals surface area contributed by atoms with Crippen LogP contribution in [0, 0.1) is 0 Å². The maximum Gasteiger partial charge on any atom is -0.00258 e. The molecule has 72 valence electrons. The minimum absolute atomic E-state index is 0. The van der Waals surface area contributed by atoms with Gasteiger partial charge in [-0.2, -0.15) is 0 Å².